The number of hydrogen-bond donors (Lipinski definition) is 1. The van der Waals surface area contributed by atoms with Crippen LogP contribution in [0.5, 0.6) is 5.75 Å². The van der Waals surface area contributed by atoms with Gasteiger partial charge in [0.25, 0.3) is 0 Å². The van der Waals surface area contributed by atoms with Crippen molar-refractivity contribution in [1.29, 1.82) is 0 Å². The summed E-state index contributed by atoms with van der Waals surface area (Å²) in [4.78, 5) is 14.1. The van der Waals surface area contributed by atoms with E-state index >= 15 is 0 Å². The average Bonchev–Trinajstić information content (AvgIpc) is 2.67. The van der Waals surface area contributed by atoms with E-state index < -0.39 is 33.4 Å². The maximum absolute atomic E-state index is 13.6. The molecular formula is C16H17BClF2N2O5PS. The Balaban J connectivity index is 1.58. The summed E-state index contributed by atoms with van der Waals surface area (Å²) < 4.78 is 49.7. The number of hydrogen-bond acceptors (Lipinski definition) is 6. The number of aromatic nitrogens is 2. The zero-order valence-electron chi connectivity index (χ0n) is 15.3. The van der Waals surface area contributed by atoms with Crippen LogP contribution in [0.25, 0.3) is 0 Å². The third kappa shape index (κ3) is 6.31. The van der Waals surface area contributed by atoms with E-state index in [0.29, 0.717) is 10.8 Å². The van der Waals surface area contributed by atoms with Gasteiger partial charge in [-0.1, -0.05) is 23.8 Å². The van der Waals surface area contributed by atoms with Crippen molar-refractivity contribution in [2.75, 3.05) is 6.61 Å². The summed E-state index contributed by atoms with van der Waals surface area (Å²) in [5.41, 5.74) is 0.232. The molecule has 29 heavy (non-hydrogen) atoms. The summed E-state index contributed by atoms with van der Waals surface area (Å²) in [6.07, 6.45) is 0.472. The Morgan fingerprint density at radius 2 is 2.31 bits per heavy atom. The minimum Gasteiger partial charge on any atom is -0.426 e. The summed E-state index contributed by atoms with van der Waals surface area (Å²) >= 11 is 10.6. The van der Waals surface area contributed by atoms with Crippen molar-refractivity contribution in [3.8, 4) is 5.75 Å². The van der Waals surface area contributed by atoms with Crippen LogP contribution in [0, 0.1) is 10.5 Å². The molecule has 0 bridgehead atoms. The Morgan fingerprint density at radius 3 is 3.07 bits per heavy atom. The van der Waals surface area contributed by atoms with Crippen LogP contribution in [0.4, 0.5) is 8.71 Å². The van der Waals surface area contributed by atoms with Gasteiger partial charge in [0.15, 0.2) is 5.82 Å². The number of H-pyrrole nitrogens is 1. The molecule has 2 aromatic rings. The maximum atomic E-state index is 13.6. The fraction of sp³-hybridized carbons (Fsp3) is 0.375. The molecule has 0 saturated heterocycles. The first-order valence-electron chi connectivity index (χ1n) is 8.63. The molecule has 1 aromatic heterocycles. The van der Waals surface area contributed by atoms with E-state index in [-0.39, 0.29) is 30.8 Å². The fourth-order valence-corrected chi connectivity index (χ4v) is 3.96. The second kappa shape index (κ2) is 10.1. The van der Waals surface area contributed by atoms with E-state index in [1.165, 1.54) is 6.82 Å². The van der Waals surface area contributed by atoms with E-state index in [1.807, 2.05) is 0 Å². The molecule has 156 valence electrons. The largest absolute Gasteiger partial charge is 0.496 e. The number of aromatic amines is 1. The number of nitrogens with zero attached hydrogens (tertiary/aromatic N) is 1. The highest BCUT2D eigenvalue weighted by atomic mass is 35.5. The zero-order valence-corrected chi connectivity index (χ0v) is 17.7. The highest BCUT2D eigenvalue weighted by Gasteiger charge is 2.26. The average molecular weight is 465 g/mol. The third-order valence-electron chi connectivity index (χ3n) is 3.93. The van der Waals surface area contributed by atoms with E-state index in [0.717, 1.165) is 16.3 Å². The molecule has 1 aliphatic rings. The van der Waals surface area contributed by atoms with Crippen molar-refractivity contribution < 1.29 is 26.9 Å². The molecule has 2 unspecified atom stereocenters. The van der Waals surface area contributed by atoms with E-state index in [2.05, 4.69) is 17.2 Å². The number of fused-ring (bicyclic) bond motifs is 1. The minimum absolute atomic E-state index is 0.0387. The minimum atomic E-state index is -1.70. The lowest BCUT2D eigenvalue weighted by Crippen LogP contribution is -2.30. The highest BCUT2D eigenvalue weighted by Crippen LogP contribution is 2.47. The molecule has 1 aliphatic heterocycles. The molecule has 2 atom stereocenters. The van der Waals surface area contributed by atoms with Crippen LogP contribution >= 0.6 is 32.4 Å². The first kappa shape index (κ1) is 22.3. The number of aryl methyl sites for hydroxylation is 1. The SMILES string of the molecule is CB(F)OC(CCn1cc(F)c(=S)[nH]c1=O)COP1OCc2cc(Cl)ccc2O1. The Morgan fingerprint density at radius 1 is 1.52 bits per heavy atom. The molecule has 1 N–H and O–H groups in total. The monoisotopic (exact) mass is 464 g/mol. The predicted molar refractivity (Wildman–Crippen MR) is 108 cm³/mol. The van der Waals surface area contributed by atoms with Crippen LogP contribution in [0.3, 0.4) is 0 Å². The van der Waals surface area contributed by atoms with Gasteiger partial charge in [-0.25, -0.2) is 9.18 Å². The lowest BCUT2D eigenvalue weighted by Gasteiger charge is -2.26. The van der Waals surface area contributed by atoms with Crippen LogP contribution in [-0.2, 0) is 26.9 Å². The molecule has 0 aliphatic carbocycles. The molecule has 7 nitrogen and oxygen atoms in total. The molecule has 0 spiro atoms. The van der Waals surface area contributed by atoms with Crippen LogP contribution in [-0.4, -0.2) is 29.5 Å². The maximum Gasteiger partial charge on any atom is 0.496 e. The Kier molecular flexibility index (Phi) is 7.78. The molecule has 2 heterocycles. The van der Waals surface area contributed by atoms with Crippen LogP contribution in [0.2, 0.25) is 11.8 Å². The van der Waals surface area contributed by atoms with Gasteiger partial charge in [0.1, 0.15) is 10.4 Å². The zero-order chi connectivity index (χ0) is 21.0. The number of benzene rings is 1. The van der Waals surface area contributed by atoms with Crippen LogP contribution in [0.15, 0.2) is 29.2 Å². The van der Waals surface area contributed by atoms with Crippen molar-refractivity contribution in [2.24, 2.45) is 0 Å². The van der Waals surface area contributed by atoms with Gasteiger partial charge in [-0.05, 0) is 31.4 Å². The Labute approximate surface area is 177 Å². The summed E-state index contributed by atoms with van der Waals surface area (Å²) in [7, 11) is -3.25. The quantitative estimate of drug-likeness (QED) is 0.354. The third-order valence-corrected chi connectivity index (χ3v) is 5.50. The Bertz CT molecular complexity index is 979. The summed E-state index contributed by atoms with van der Waals surface area (Å²) in [6.45, 7) is 1.54. The van der Waals surface area contributed by atoms with Crippen molar-refractivity contribution in [1.82, 2.24) is 9.55 Å². The first-order valence-corrected chi connectivity index (χ1v) is 10.5. The molecule has 0 amide bonds. The van der Waals surface area contributed by atoms with E-state index in [9.17, 15) is 13.5 Å². The van der Waals surface area contributed by atoms with Gasteiger partial charge in [0.05, 0.1) is 19.3 Å². The molecule has 0 radical (unpaired) electrons. The molecular weight excluding hydrogens is 447 g/mol. The van der Waals surface area contributed by atoms with Crippen molar-refractivity contribution in [2.45, 2.75) is 32.5 Å². The van der Waals surface area contributed by atoms with Crippen molar-refractivity contribution in [3.63, 3.8) is 0 Å². The molecule has 0 saturated carbocycles. The van der Waals surface area contributed by atoms with Crippen LogP contribution in [0.1, 0.15) is 12.0 Å². The van der Waals surface area contributed by atoms with Crippen molar-refractivity contribution >= 4 is 39.6 Å². The lowest BCUT2D eigenvalue weighted by molar-refractivity contribution is 0.0877. The van der Waals surface area contributed by atoms with Gasteiger partial charge in [0, 0.05) is 23.3 Å². The van der Waals surface area contributed by atoms with Gasteiger partial charge < -0.3 is 9.18 Å². The highest BCUT2D eigenvalue weighted by molar-refractivity contribution is 7.71. The van der Waals surface area contributed by atoms with E-state index in [4.69, 9.17) is 29.8 Å². The fourth-order valence-electron chi connectivity index (χ4n) is 2.57. The van der Waals surface area contributed by atoms with Gasteiger partial charge in [-0.3, -0.25) is 22.9 Å². The van der Waals surface area contributed by atoms with Gasteiger partial charge in [0.2, 0.25) is 0 Å². The first-order chi connectivity index (χ1) is 13.8. The lowest BCUT2D eigenvalue weighted by atomic mass is 9.99. The van der Waals surface area contributed by atoms with Gasteiger partial charge >= 0.3 is 21.5 Å². The van der Waals surface area contributed by atoms with Crippen LogP contribution < -0.4 is 10.2 Å². The van der Waals surface area contributed by atoms with E-state index in [1.54, 1.807) is 18.2 Å². The molecule has 0 fully saturated rings. The number of nitrogens with one attached hydrogen (secondary N) is 1. The second-order valence-corrected chi connectivity index (χ2v) is 8.15. The van der Waals surface area contributed by atoms with Gasteiger partial charge in [-0.15, -0.1) is 0 Å². The standard InChI is InChI=1S/C16H17BClF2N2O5PS/c1-17(20)26-12(4-5-22-7-13(19)15(29)21-16(22)23)9-25-28-24-8-10-6-11(18)2-3-14(10)27-28/h2-3,6-7,12H,4-5,8-9H2,1H3,(H,21,23,29). The number of rotatable bonds is 8. The van der Waals surface area contributed by atoms with Gasteiger partial charge in [-0.2, -0.15) is 0 Å². The molecule has 13 heteroatoms. The molecule has 1 aromatic carbocycles. The second-order valence-electron chi connectivity index (χ2n) is 6.16. The molecule has 3 rings (SSSR count). The van der Waals surface area contributed by atoms with Crippen molar-refractivity contribution in [3.05, 3.63) is 55.9 Å². The smallest absolute Gasteiger partial charge is 0.426 e. The Hall–Kier alpha value is -1.36. The summed E-state index contributed by atoms with van der Waals surface area (Å²) in [6, 6.07) is 5.15. The topological polar surface area (TPSA) is 74.7 Å². The predicted octanol–water partition coefficient (Wildman–Crippen LogP) is 4.41. The summed E-state index contributed by atoms with van der Waals surface area (Å²) in [5, 5.41) is 0.571. The normalized spacial score (nSPS) is 16.8. The summed E-state index contributed by atoms with van der Waals surface area (Å²) in [5.74, 6) is -0.122. The number of halogens is 3.